The molecule has 0 radical (unpaired) electrons. The Balaban J connectivity index is 1.45. The predicted octanol–water partition coefficient (Wildman–Crippen LogP) is 7.74. The molecule has 280 valence electrons. The summed E-state index contributed by atoms with van der Waals surface area (Å²) in [5, 5.41) is 10.3. The molecular weight excluding hydrogens is 672 g/mol. The number of carbonyl (C=O) groups is 2. The number of hydrogen-bond acceptors (Lipinski definition) is 9. The number of aliphatic hydroxyl groups excluding tert-OH is 1. The van der Waals surface area contributed by atoms with Gasteiger partial charge in [0.15, 0.2) is 12.2 Å². The van der Waals surface area contributed by atoms with Gasteiger partial charge in [0, 0.05) is 42.6 Å². The topological polar surface area (TPSA) is 122 Å². The smallest absolute Gasteiger partial charge is 0.339 e. The average Bonchev–Trinajstić information content (AvgIpc) is 3.12. The van der Waals surface area contributed by atoms with Crippen molar-refractivity contribution in [2.75, 3.05) is 20.3 Å². The largest absolute Gasteiger partial charge is 0.483 e. The molecule has 4 unspecified atom stereocenters. The van der Waals surface area contributed by atoms with Crippen LogP contribution in [0.15, 0.2) is 93.2 Å². The van der Waals surface area contributed by atoms with Crippen molar-refractivity contribution in [3.05, 3.63) is 122 Å². The number of benzene rings is 3. The Morgan fingerprint density at radius 1 is 0.925 bits per heavy atom. The highest BCUT2D eigenvalue weighted by atomic mass is 16.6. The van der Waals surface area contributed by atoms with Crippen LogP contribution in [0.2, 0.25) is 0 Å². The first-order chi connectivity index (χ1) is 25.5. The summed E-state index contributed by atoms with van der Waals surface area (Å²) in [5.74, 6) is -1.04. The van der Waals surface area contributed by atoms with Crippen LogP contribution in [0.25, 0.3) is 11.0 Å². The number of aryl methyl sites for hydroxylation is 2. The molecule has 0 amide bonds. The molecule has 0 spiro atoms. The predicted molar refractivity (Wildman–Crippen MR) is 202 cm³/mol. The Hall–Kier alpha value is -4.73. The molecule has 0 aliphatic carbocycles. The van der Waals surface area contributed by atoms with Crippen LogP contribution in [0.1, 0.15) is 93.2 Å². The van der Waals surface area contributed by atoms with Gasteiger partial charge >= 0.3 is 17.6 Å². The van der Waals surface area contributed by atoms with Gasteiger partial charge in [0.05, 0.1) is 12.2 Å². The minimum absolute atomic E-state index is 0.0377. The fourth-order valence-electron chi connectivity index (χ4n) is 7.62. The third kappa shape index (κ3) is 8.74. The number of hydrogen-bond donors (Lipinski definition) is 1. The normalized spacial score (nSPS) is 20.9. The van der Waals surface area contributed by atoms with Crippen LogP contribution in [0.3, 0.4) is 0 Å². The molecule has 7 rings (SSSR count). The lowest BCUT2D eigenvalue weighted by Crippen LogP contribution is -2.52. The number of esters is 2. The molecule has 4 aromatic rings. The highest BCUT2D eigenvalue weighted by Crippen LogP contribution is 2.47. The number of methoxy groups -OCH3 is 1. The van der Waals surface area contributed by atoms with Crippen LogP contribution >= 0.6 is 0 Å². The van der Waals surface area contributed by atoms with E-state index in [4.69, 9.17) is 23.4 Å². The minimum atomic E-state index is -1.14. The second-order valence-electron chi connectivity index (χ2n) is 15.1. The molecule has 2 bridgehead atoms. The summed E-state index contributed by atoms with van der Waals surface area (Å²) >= 11 is 0. The fraction of sp³-hybridized carbons (Fsp3) is 0.432. The van der Waals surface area contributed by atoms with Crippen molar-refractivity contribution >= 4 is 22.9 Å². The van der Waals surface area contributed by atoms with Crippen molar-refractivity contribution in [2.45, 2.75) is 96.4 Å². The molecule has 3 aliphatic heterocycles. The van der Waals surface area contributed by atoms with E-state index in [-0.39, 0.29) is 31.1 Å². The van der Waals surface area contributed by atoms with Gasteiger partial charge in [-0.1, -0.05) is 60.2 Å². The van der Waals surface area contributed by atoms with Gasteiger partial charge in [-0.15, -0.1) is 0 Å². The third-order valence-corrected chi connectivity index (χ3v) is 10.5. The molecule has 0 saturated carbocycles. The Labute approximate surface area is 310 Å². The first-order valence-electron chi connectivity index (χ1n) is 18.6. The lowest BCUT2D eigenvalue weighted by Gasteiger charge is -2.43. The number of allylic oxidation sites excluding steroid dienone is 1. The zero-order valence-electron chi connectivity index (χ0n) is 31.3. The SMILES string of the molecule is COCC(CCO)c1cc2ccc3c(c2oc1=O)C1OC(=O)CC(CCc2ccccc2)Cc2ccc(cc2)CCC(=C(C)C)C(=O)OC1C(C)(C)O3. The highest BCUT2D eigenvalue weighted by molar-refractivity contribution is 5.90. The van der Waals surface area contributed by atoms with Gasteiger partial charge in [-0.3, -0.25) is 4.79 Å². The van der Waals surface area contributed by atoms with E-state index in [0.29, 0.717) is 53.5 Å². The van der Waals surface area contributed by atoms with E-state index in [1.807, 2.05) is 32.0 Å². The van der Waals surface area contributed by atoms with Gasteiger partial charge in [0.25, 0.3) is 0 Å². The number of carbonyl (C=O) groups excluding carboxylic acids is 2. The minimum Gasteiger partial charge on any atom is -0.483 e. The van der Waals surface area contributed by atoms with E-state index in [9.17, 15) is 19.5 Å². The van der Waals surface area contributed by atoms with Gasteiger partial charge in [-0.05, 0) is 107 Å². The Bertz CT molecular complexity index is 2000. The van der Waals surface area contributed by atoms with Crippen LogP contribution in [-0.4, -0.2) is 49.1 Å². The molecule has 1 N–H and O–H groups in total. The van der Waals surface area contributed by atoms with Gasteiger partial charge in [0.2, 0.25) is 0 Å². The van der Waals surface area contributed by atoms with E-state index in [1.165, 1.54) is 12.7 Å². The summed E-state index contributed by atoms with van der Waals surface area (Å²) in [5.41, 5.74) is 3.94. The molecule has 0 saturated heterocycles. The Kier molecular flexibility index (Phi) is 11.8. The average molecular weight is 723 g/mol. The van der Waals surface area contributed by atoms with Crippen molar-refractivity contribution in [3.8, 4) is 5.75 Å². The summed E-state index contributed by atoms with van der Waals surface area (Å²) < 4.78 is 30.7. The molecule has 1 aromatic heterocycles. The summed E-state index contributed by atoms with van der Waals surface area (Å²) in [7, 11) is 1.54. The Morgan fingerprint density at radius 3 is 2.36 bits per heavy atom. The van der Waals surface area contributed by atoms with Gasteiger partial charge in [-0.2, -0.15) is 0 Å². The maximum atomic E-state index is 14.2. The fourth-order valence-corrected chi connectivity index (χ4v) is 7.62. The maximum Gasteiger partial charge on any atom is 0.339 e. The standard InChI is InChI=1S/C44H50O9/c1-27(2)34-19-17-29-11-14-30(15-12-29)23-31(16-13-28-9-7-6-8-10-28)24-37(46)50-40-38-36(53-44(3,4)41(40)52-42(34)47)20-18-32-25-35(43(48)51-39(32)38)33(21-22-45)26-49-5/h6-12,14-15,18,20,25,31,33,40-41,45H,13,16-17,19,21-24,26H2,1-5H3. The number of rotatable bonds is 8. The van der Waals surface area contributed by atoms with Crippen molar-refractivity contribution in [1.29, 1.82) is 0 Å². The molecule has 3 aliphatic rings. The molecular formula is C44H50O9. The third-order valence-electron chi connectivity index (χ3n) is 10.5. The molecule has 9 heteroatoms. The number of fused-ring (bicyclic) bond motifs is 13. The van der Waals surface area contributed by atoms with Crippen LogP contribution < -0.4 is 10.4 Å². The van der Waals surface area contributed by atoms with E-state index < -0.39 is 41.3 Å². The first-order valence-corrected chi connectivity index (χ1v) is 18.6. The number of ether oxygens (including phenoxy) is 4. The van der Waals surface area contributed by atoms with Crippen molar-refractivity contribution in [3.63, 3.8) is 0 Å². The lowest BCUT2D eigenvalue weighted by molar-refractivity contribution is -0.188. The van der Waals surface area contributed by atoms with Crippen LogP contribution in [-0.2, 0) is 43.1 Å². The van der Waals surface area contributed by atoms with Crippen LogP contribution in [0, 0.1) is 5.92 Å². The molecule has 0 fully saturated rings. The van der Waals surface area contributed by atoms with Gasteiger partial charge < -0.3 is 28.5 Å². The van der Waals surface area contributed by atoms with Gasteiger partial charge in [0.1, 0.15) is 16.9 Å². The molecule has 53 heavy (non-hydrogen) atoms. The van der Waals surface area contributed by atoms with E-state index in [2.05, 4.69) is 36.4 Å². The summed E-state index contributed by atoms with van der Waals surface area (Å²) in [4.78, 5) is 41.9. The van der Waals surface area contributed by atoms with E-state index >= 15 is 0 Å². The van der Waals surface area contributed by atoms with Crippen molar-refractivity contribution in [2.24, 2.45) is 5.92 Å². The highest BCUT2D eigenvalue weighted by Gasteiger charge is 2.50. The summed E-state index contributed by atoms with van der Waals surface area (Å²) in [6.07, 6.45) is 1.57. The second kappa shape index (κ2) is 16.5. The lowest BCUT2D eigenvalue weighted by atomic mass is 9.86. The van der Waals surface area contributed by atoms with E-state index in [1.54, 1.807) is 32.0 Å². The quantitative estimate of drug-likeness (QED) is 0.111. The van der Waals surface area contributed by atoms with Crippen molar-refractivity contribution in [1.82, 2.24) is 0 Å². The van der Waals surface area contributed by atoms with E-state index in [0.717, 1.165) is 29.5 Å². The molecule has 3 aromatic carbocycles. The van der Waals surface area contributed by atoms with Crippen LogP contribution in [0.5, 0.6) is 5.75 Å². The first kappa shape index (κ1) is 38.0. The zero-order chi connectivity index (χ0) is 37.7. The monoisotopic (exact) mass is 722 g/mol. The summed E-state index contributed by atoms with van der Waals surface area (Å²) in [6, 6.07) is 23.9. The van der Waals surface area contributed by atoms with Crippen molar-refractivity contribution < 1.29 is 38.1 Å². The Morgan fingerprint density at radius 2 is 1.66 bits per heavy atom. The molecule has 4 atom stereocenters. The molecule has 9 nitrogen and oxygen atoms in total. The summed E-state index contributed by atoms with van der Waals surface area (Å²) in [6.45, 7) is 7.46. The van der Waals surface area contributed by atoms with Gasteiger partial charge in [-0.25, -0.2) is 9.59 Å². The number of aliphatic hydroxyl groups is 1. The zero-order valence-corrected chi connectivity index (χ0v) is 31.3. The molecule has 4 heterocycles. The maximum absolute atomic E-state index is 14.2. The second-order valence-corrected chi connectivity index (χ2v) is 15.1. The van der Waals surface area contributed by atoms with Crippen LogP contribution in [0.4, 0.5) is 0 Å².